The van der Waals surface area contributed by atoms with Gasteiger partial charge in [0.05, 0.1) is 13.0 Å². The van der Waals surface area contributed by atoms with Gasteiger partial charge in [-0.25, -0.2) is 0 Å². The van der Waals surface area contributed by atoms with Gasteiger partial charge < -0.3 is 14.8 Å². The largest absolute Gasteiger partial charge is 0.497 e. The zero-order valence-electron chi connectivity index (χ0n) is 16.4. The maximum absolute atomic E-state index is 12.8. The van der Waals surface area contributed by atoms with Crippen molar-refractivity contribution in [3.63, 3.8) is 0 Å². The number of hydrogen-bond acceptors (Lipinski definition) is 4. The number of nitrogens with zero attached hydrogens (tertiary/aromatic N) is 1. The predicted octanol–water partition coefficient (Wildman–Crippen LogP) is 3.03. The standard InChI is InChI=1S/C23H28N2O3/c1-27-21-7-8-22-18(14-21)13-19(16-28-22)23(26)24-20-9-11-25(12-10-20)15-17-5-3-2-4-6-17/h2-8,14,19-20H,9-13,15-16H2,1H3,(H,24,26)/t19-/m0/s1. The molecule has 4 rings (SSSR count). The lowest BCUT2D eigenvalue weighted by Crippen LogP contribution is -2.47. The summed E-state index contributed by atoms with van der Waals surface area (Å²) in [6, 6.07) is 16.6. The van der Waals surface area contributed by atoms with E-state index in [0.717, 1.165) is 49.5 Å². The van der Waals surface area contributed by atoms with Crippen LogP contribution in [0.3, 0.4) is 0 Å². The molecule has 5 heteroatoms. The van der Waals surface area contributed by atoms with E-state index < -0.39 is 0 Å². The molecule has 148 valence electrons. The Morgan fingerprint density at radius 1 is 1.18 bits per heavy atom. The number of rotatable bonds is 5. The van der Waals surface area contributed by atoms with Crippen molar-refractivity contribution in [3.05, 3.63) is 59.7 Å². The van der Waals surface area contributed by atoms with E-state index >= 15 is 0 Å². The molecule has 2 heterocycles. The average Bonchev–Trinajstić information content (AvgIpc) is 2.75. The molecular formula is C23H28N2O3. The molecule has 1 atom stereocenters. The Hall–Kier alpha value is -2.53. The highest BCUT2D eigenvalue weighted by Gasteiger charge is 2.29. The van der Waals surface area contributed by atoms with Gasteiger partial charge in [0.2, 0.25) is 5.91 Å². The Bertz CT molecular complexity index is 801. The molecule has 0 unspecified atom stereocenters. The number of hydrogen-bond donors (Lipinski definition) is 1. The lowest BCUT2D eigenvalue weighted by Gasteiger charge is -2.33. The third-order valence-corrected chi connectivity index (χ3v) is 5.73. The molecule has 0 aliphatic carbocycles. The fraction of sp³-hybridized carbons (Fsp3) is 0.435. The van der Waals surface area contributed by atoms with Crippen LogP contribution >= 0.6 is 0 Å². The summed E-state index contributed by atoms with van der Waals surface area (Å²) < 4.78 is 11.1. The maximum atomic E-state index is 12.8. The van der Waals surface area contributed by atoms with Gasteiger partial charge in [-0.15, -0.1) is 0 Å². The Kier molecular flexibility index (Phi) is 5.81. The SMILES string of the molecule is COc1ccc2c(c1)C[C@H](C(=O)NC1CCN(Cc3ccccc3)CC1)CO2. The van der Waals surface area contributed by atoms with Gasteiger partial charge in [0.1, 0.15) is 18.1 Å². The Morgan fingerprint density at radius 2 is 1.96 bits per heavy atom. The summed E-state index contributed by atoms with van der Waals surface area (Å²) in [5.41, 5.74) is 2.39. The van der Waals surface area contributed by atoms with Crippen LogP contribution in [0.25, 0.3) is 0 Å². The second-order valence-electron chi connectivity index (χ2n) is 7.73. The maximum Gasteiger partial charge on any atom is 0.227 e. The number of carbonyl (C=O) groups is 1. The molecular weight excluding hydrogens is 352 g/mol. The molecule has 0 aromatic heterocycles. The van der Waals surface area contributed by atoms with E-state index in [0.29, 0.717) is 13.0 Å². The van der Waals surface area contributed by atoms with Crippen LogP contribution in [0.15, 0.2) is 48.5 Å². The highest BCUT2D eigenvalue weighted by Crippen LogP contribution is 2.31. The molecule has 0 spiro atoms. The van der Waals surface area contributed by atoms with Crippen LogP contribution in [0.5, 0.6) is 11.5 Å². The van der Waals surface area contributed by atoms with Crippen molar-refractivity contribution >= 4 is 5.91 Å². The number of carbonyl (C=O) groups excluding carboxylic acids is 1. The van der Waals surface area contributed by atoms with Crippen LogP contribution in [0.2, 0.25) is 0 Å². The van der Waals surface area contributed by atoms with Gasteiger partial charge in [0, 0.05) is 25.7 Å². The highest BCUT2D eigenvalue weighted by atomic mass is 16.5. The van der Waals surface area contributed by atoms with Gasteiger partial charge >= 0.3 is 0 Å². The van der Waals surface area contributed by atoms with Gasteiger partial charge in [-0.3, -0.25) is 9.69 Å². The molecule has 2 aromatic rings. The monoisotopic (exact) mass is 380 g/mol. The van der Waals surface area contributed by atoms with Crippen molar-refractivity contribution in [1.82, 2.24) is 10.2 Å². The predicted molar refractivity (Wildman–Crippen MR) is 109 cm³/mol. The minimum Gasteiger partial charge on any atom is -0.497 e. The van der Waals surface area contributed by atoms with E-state index in [1.165, 1.54) is 5.56 Å². The number of ether oxygens (including phenoxy) is 2. The molecule has 28 heavy (non-hydrogen) atoms. The van der Waals surface area contributed by atoms with Crippen molar-refractivity contribution < 1.29 is 14.3 Å². The molecule has 1 fully saturated rings. The zero-order valence-corrected chi connectivity index (χ0v) is 16.4. The summed E-state index contributed by atoms with van der Waals surface area (Å²) in [7, 11) is 1.65. The van der Waals surface area contributed by atoms with Crippen molar-refractivity contribution in [1.29, 1.82) is 0 Å². The molecule has 0 saturated carbocycles. The lowest BCUT2D eigenvalue weighted by atomic mass is 9.94. The van der Waals surface area contributed by atoms with Gasteiger partial charge in [0.15, 0.2) is 0 Å². The number of fused-ring (bicyclic) bond motifs is 1. The topological polar surface area (TPSA) is 50.8 Å². The summed E-state index contributed by atoms with van der Waals surface area (Å²) in [6.45, 7) is 3.46. The average molecular weight is 380 g/mol. The first-order chi connectivity index (χ1) is 13.7. The summed E-state index contributed by atoms with van der Waals surface area (Å²) >= 11 is 0. The third-order valence-electron chi connectivity index (χ3n) is 5.73. The van der Waals surface area contributed by atoms with E-state index in [4.69, 9.17) is 9.47 Å². The number of methoxy groups -OCH3 is 1. The van der Waals surface area contributed by atoms with Crippen LogP contribution in [-0.4, -0.2) is 43.7 Å². The van der Waals surface area contributed by atoms with Gasteiger partial charge in [-0.1, -0.05) is 30.3 Å². The Morgan fingerprint density at radius 3 is 2.71 bits per heavy atom. The Labute approximate surface area is 166 Å². The molecule has 2 aliphatic rings. The van der Waals surface area contributed by atoms with E-state index in [1.807, 2.05) is 18.2 Å². The number of benzene rings is 2. The Balaban J connectivity index is 1.27. The normalized spacial score (nSPS) is 20.1. The molecule has 0 bridgehead atoms. The molecule has 5 nitrogen and oxygen atoms in total. The molecule has 0 radical (unpaired) electrons. The number of amides is 1. The van der Waals surface area contributed by atoms with Crippen molar-refractivity contribution in [2.24, 2.45) is 5.92 Å². The molecule has 1 N–H and O–H groups in total. The number of likely N-dealkylation sites (tertiary alicyclic amines) is 1. The lowest BCUT2D eigenvalue weighted by molar-refractivity contribution is -0.127. The number of nitrogens with one attached hydrogen (secondary N) is 1. The minimum atomic E-state index is -0.137. The first-order valence-electron chi connectivity index (χ1n) is 10.1. The van der Waals surface area contributed by atoms with E-state index in [1.54, 1.807) is 7.11 Å². The molecule has 1 saturated heterocycles. The summed E-state index contributed by atoms with van der Waals surface area (Å²) in [5.74, 6) is 1.63. The first kappa shape index (κ1) is 18.8. The fourth-order valence-corrected chi connectivity index (χ4v) is 4.06. The van der Waals surface area contributed by atoms with Crippen LogP contribution in [0, 0.1) is 5.92 Å². The number of piperidine rings is 1. The van der Waals surface area contributed by atoms with E-state index in [-0.39, 0.29) is 17.9 Å². The van der Waals surface area contributed by atoms with Crippen molar-refractivity contribution in [3.8, 4) is 11.5 Å². The van der Waals surface area contributed by atoms with Crippen molar-refractivity contribution in [2.45, 2.75) is 31.8 Å². The van der Waals surface area contributed by atoms with E-state index in [2.05, 4.69) is 40.5 Å². The van der Waals surface area contributed by atoms with Crippen LogP contribution in [0.4, 0.5) is 0 Å². The fourth-order valence-electron chi connectivity index (χ4n) is 4.06. The molecule has 1 amide bonds. The van der Waals surface area contributed by atoms with Gasteiger partial charge in [-0.05, 0) is 48.6 Å². The quantitative estimate of drug-likeness (QED) is 0.866. The second kappa shape index (κ2) is 8.65. The summed E-state index contributed by atoms with van der Waals surface area (Å²) in [4.78, 5) is 15.2. The summed E-state index contributed by atoms with van der Waals surface area (Å²) in [5, 5.41) is 3.26. The van der Waals surface area contributed by atoms with Gasteiger partial charge in [0.25, 0.3) is 0 Å². The molecule has 2 aliphatic heterocycles. The van der Waals surface area contributed by atoms with Gasteiger partial charge in [-0.2, -0.15) is 0 Å². The van der Waals surface area contributed by atoms with Crippen molar-refractivity contribution in [2.75, 3.05) is 26.8 Å². The highest BCUT2D eigenvalue weighted by molar-refractivity contribution is 5.80. The minimum absolute atomic E-state index is 0.106. The molecule has 2 aromatic carbocycles. The zero-order chi connectivity index (χ0) is 19.3. The third kappa shape index (κ3) is 4.47. The van der Waals surface area contributed by atoms with Crippen LogP contribution in [-0.2, 0) is 17.8 Å². The second-order valence-corrected chi connectivity index (χ2v) is 7.73. The first-order valence-corrected chi connectivity index (χ1v) is 10.1. The van der Waals surface area contributed by atoms with E-state index in [9.17, 15) is 4.79 Å². The summed E-state index contributed by atoms with van der Waals surface area (Å²) in [6.07, 6.45) is 2.69. The van der Waals surface area contributed by atoms with Crippen LogP contribution in [0.1, 0.15) is 24.0 Å². The smallest absolute Gasteiger partial charge is 0.227 e. The van der Waals surface area contributed by atoms with Crippen LogP contribution < -0.4 is 14.8 Å².